The molecule has 1 amide bonds. The molecular weight excluding hydrogens is 216 g/mol. The van der Waals surface area contributed by atoms with Gasteiger partial charge in [0.25, 0.3) is 0 Å². The zero-order valence-electron chi connectivity index (χ0n) is 10.5. The van der Waals surface area contributed by atoms with Crippen LogP contribution in [0.5, 0.6) is 0 Å². The first-order valence-corrected chi connectivity index (χ1v) is 6.13. The van der Waals surface area contributed by atoms with Crippen molar-refractivity contribution in [3.63, 3.8) is 0 Å². The van der Waals surface area contributed by atoms with Gasteiger partial charge in [-0.25, -0.2) is 0 Å². The number of nitrogens with zero attached hydrogens (tertiary/aromatic N) is 3. The number of nitrogen functional groups attached to an aromatic ring is 1. The van der Waals surface area contributed by atoms with Crippen molar-refractivity contribution in [1.82, 2.24) is 14.7 Å². The second kappa shape index (κ2) is 4.77. The number of rotatable bonds is 2. The molecule has 1 aliphatic rings. The highest BCUT2D eigenvalue weighted by molar-refractivity contribution is 5.76. The van der Waals surface area contributed by atoms with E-state index in [9.17, 15) is 4.79 Å². The van der Waals surface area contributed by atoms with Crippen LogP contribution in [0.15, 0.2) is 12.4 Å². The lowest BCUT2D eigenvalue weighted by molar-refractivity contribution is -0.136. The molecule has 2 heterocycles. The van der Waals surface area contributed by atoms with Crippen molar-refractivity contribution in [1.29, 1.82) is 0 Å². The molecular formula is C12H20N4O. The van der Waals surface area contributed by atoms with Gasteiger partial charge in [-0.1, -0.05) is 6.92 Å². The van der Waals surface area contributed by atoms with Gasteiger partial charge >= 0.3 is 0 Å². The molecule has 2 atom stereocenters. The van der Waals surface area contributed by atoms with E-state index in [1.807, 2.05) is 4.90 Å². The number of aromatic nitrogens is 2. The summed E-state index contributed by atoms with van der Waals surface area (Å²) >= 11 is 0. The van der Waals surface area contributed by atoms with Gasteiger partial charge in [0.05, 0.1) is 11.9 Å². The van der Waals surface area contributed by atoms with Crippen LogP contribution in [0.4, 0.5) is 5.69 Å². The highest BCUT2D eigenvalue weighted by Gasteiger charge is 2.26. The van der Waals surface area contributed by atoms with E-state index in [1.54, 1.807) is 17.1 Å². The van der Waals surface area contributed by atoms with Crippen LogP contribution in [-0.2, 0) is 11.3 Å². The fourth-order valence-electron chi connectivity index (χ4n) is 2.33. The molecule has 2 unspecified atom stereocenters. The Balaban J connectivity index is 1.99. The fourth-order valence-corrected chi connectivity index (χ4v) is 2.33. The zero-order valence-corrected chi connectivity index (χ0v) is 10.5. The number of likely N-dealkylation sites (tertiary alicyclic amines) is 1. The third kappa shape index (κ3) is 2.78. The maximum Gasteiger partial charge on any atom is 0.244 e. The average Bonchev–Trinajstić information content (AvgIpc) is 2.67. The summed E-state index contributed by atoms with van der Waals surface area (Å²) in [4.78, 5) is 14.1. The number of nitrogens with two attached hydrogens (primary N) is 1. The molecule has 5 nitrogen and oxygen atoms in total. The van der Waals surface area contributed by atoms with E-state index in [2.05, 4.69) is 18.9 Å². The van der Waals surface area contributed by atoms with Crippen LogP contribution in [0.25, 0.3) is 0 Å². The summed E-state index contributed by atoms with van der Waals surface area (Å²) < 4.78 is 1.60. The Labute approximate surface area is 102 Å². The monoisotopic (exact) mass is 236 g/mol. The molecule has 0 bridgehead atoms. The Bertz CT molecular complexity index is 401. The van der Waals surface area contributed by atoms with E-state index < -0.39 is 0 Å². The van der Waals surface area contributed by atoms with Gasteiger partial charge < -0.3 is 10.6 Å². The molecule has 1 aromatic heterocycles. The number of carbonyl (C=O) groups excluding carboxylic acids is 1. The van der Waals surface area contributed by atoms with Crippen molar-refractivity contribution in [2.45, 2.75) is 39.3 Å². The van der Waals surface area contributed by atoms with Crippen LogP contribution < -0.4 is 5.73 Å². The summed E-state index contributed by atoms with van der Waals surface area (Å²) in [7, 11) is 0. The Morgan fingerprint density at radius 3 is 2.94 bits per heavy atom. The lowest BCUT2D eigenvalue weighted by atomic mass is 9.95. The average molecular weight is 236 g/mol. The maximum absolute atomic E-state index is 12.2. The molecule has 0 aromatic carbocycles. The molecule has 1 fully saturated rings. The predicted molar refractivity (Wildman–Crippen MR) is 66.2 cm³/mol. The molecule has 17 heavy (non-hydrogen) atoms. The predicted octanol–water partition coefficient (Wildman–Crippen LogP) is 1.11. The molecule has 0 saturated carbocycles. The van der Waals surface area contributed by atoms with E-state index in [4.69, 9.17) is 5.73 Å². The van der Waals surface area contributed by atoms with E-state index in [1.165, 1.54) is 6.42 Å². The Morgan fingerprint density at radius 2 is 2.29 bits per heavy atom. The van der Waals surface area contributed by atoms with Crippen molar-refractivity contribution in [3.05, 3.63) is 12.4 Å². The van der Waals surface area contributed by atoms with Gasteiger partial charge in [0.2, 0.25) is 5.91 Å². The van der Waals surface area contributed by atoms with Crippen molar-refractivity contribution in [3.8, 4) is 0 Å². The molecule has 1 saturated heterocycles. The maximum atomic E-state index is 12.2. The molecule has 1 aliphatic heterocycles. The topological polar surface area (TPSA) is 64.2 Å². The number of hydrogen-bond donors (Lipinski definition) is 1. The second-order valence-corrected chi connectivity index (χ2v) is 5.05. The molecule has 1 aromatic rings. The third-order valence-corrected chi connectivity index (χ3v) is 3.39. The standard InChI is InChI=1S/C12H20N4O/c1-9-3-4-10(2)16(6-9)12(17)8-15-7-11(13)5-14-15/h5,7,9-10H,3-4,6,8,13H2,1-2H3. The lowest BCUT2D eigenvalue weighted by Gasteiger charge is -2.36. The minimum absolute atomic E-state index is 0.132. The lowest BCUT2D eigenvalue weighted by Crippen LogP contribution is -2.46. The smallest absolute Gasteiger partial charge is 0.244 e. The summed E-state index contributed by atoms with van der Waals surface area (Å²) in [6.07, 6.45) is 5.55. The van der Waals surface area contributed by atoms with Gasteiger partial charge in [0.15, 0.2) is 0 Å². The van der Waals surface area contributed by atoms with Gasteiger partial charge in [-0.2, -0.15) is 5.10 Å². The van der Waals surface area contributed by atoms with E-state index in [0.29, 0.717) is 17.6 Å². The van der Waals surface area contributed by atoms with Crippen LogP contribution in [0.3, 0.4) is 0 Å². The van der Waals surface area contributed by atoms with Crippen LogP contribution >= 0.6 is 0 Å². The second-order valence-electron chi connectivity index (χ2n) is 5.05. The number of hydrogen-bond acceptors (Lipinski definition) is 3. The van der Waals surface area contributed by atoms with E-state index in [-0.39, 0.29) is 12.5 Å². The Kier molecular flexibility index (Phi) is 3.36. The minimum atomic E-state index is 0.132. The summed E-state index contributed by atoms with van der Waals surface area (Å²) in [5.74, 6) is 0.727. The quantitative estimate of drug-likeness (QED) is 0.836. The molecule has 2 rings (SSSR count). The van der Waals surface area contributed by atoms with Gasteiger partial charge in [-0.15, -0.1) is 0 Å². The summed E-state index contributed by atoms with van der Waals surface area (Å²) in [6, 6.07) is 0.339. The Morgan fingerprint density at radius 1 is 1.53 bits per heavy atom. The third-order valence-electron chi connectivity index (χ3n) is 3.39. The molecule has 0 aliphatic carbocycles. The molecule has 0 spiro atoms. The van der Waals surface area contributed by atoms with E-state index >= 15 is 0 Å². The summed E-state index contributed by atoms with van der Waals surface area (Å²) in [5.41, 5.74) is 6.17. The van der Waals surface area contributed by atoms with Gasteiger partial charge in [-0.05, 0) is 25.7 Å². The summed E-state index contributed by atoms with van der Waals surface area (Å²) in [6.45, 7) is 5.45. The highest BCUT2D eigenvalue weighted by atomic mass is 16.2. The first-order valence-electron chi connectivity index (χ1n) is 6.13. The normalized spacial score (nSPS) is 24.9. The molecule has 0 radical (unpaired) electrons. The SMILES string of the molecule is CC1CCC(C)N(C(=O)Cn2cc(N)cn2)C1. The van der Waals surface area contributed by atoms with Crippen LogP contribution in [0.2, 0.25) is 0 Å². The van der Waals surface area contributed by atoms with Crippen LogP contribution in [0.1, 0.15) is 26.7 Å². The molecule has 2 N–H and O–H groups in total. The number of carbonyl (C=O) groups is 1. The van der Waals surface area contributed by atoms with Crippen molar-refractivity contribution < 1.29 is 4.79 Å². The molecule has 94 valence electrons. The summed E-state index contributed by atoms with van der Waals surface area (Å²) in [5, 5.41) is 4.04. The van der Waals surface area contributed by atoms with Crippen LogP contribution in [0, 0.1) is 5.92 Å². The Hall–Kier alpha value is -1.52. The minimum Gasteiger partial charge on any atom is -0.396 e. The first kappa shape index (κ1) is 12.0. The number of anilines is 1. The highest BCUT2D eigenvalue weighted by Crippen LogP contribution is 2.21. The number of amides is 1. The van der Waals surface area contributed by atoms with Crippen LogP contribution in [-0.4, -0.2) is 33.2 Å². The van der Waals surface area contributed by atoms with Gasteiger partial charge in [0, 0.05) is 18.8 Å². The van der Waals surface area contributed by atoms with Crippen molar-refractivity contribution in [2.75, 3.05) is 12.3 Å². The number of piperidine rings is 1. The zero-order chi connectivity index (χ0) is 12.4. The molecule has 5 heteroatoms. The fraction of sp³-hybridized carbons (Fsp3) is 0.667. The van der Waals surface area contributed by atoms with Crippen molar-refractivity contribution in [2.24, 2.45) is 5.92 Å². The first-order chi connectivity index (χ1) is 8.06. The van der Waals surface area contributed by atoms with Crippen molar-refractivity contribution >= 4 is 11.6 Å². The largest absolute Gasteiger partial charge is 0.396 e. The van der Waals surface area contributed by atoms with Gasteiger partial charge in [0.1, 0.15) is 6.54 Å². The van der Waals surface area contributed by atoms with E-state index in [0.717, 1.165) is 13.0 Å². The van der Waals surface area contributed by atoms with Gasteiger partial charge in [-0.3, -0.25) is 9.48 Å².